The second kappa shape index (κ2) is 23.2. The first-order valence-electron chi connectivity index (χ1n) is 22.4. The quantitative estimate of drug-likeness (QED) is 0.0200. The molecule has 4 aromatic carbocycles. The van der Waals surface area contributed by atoms with Gasteiger partial charge in [-0.15, -0.1) is 0 Å². The third kappa shape index (κ3) is 12.3. The Morgan fingerprint density at radius 1 is 0.841 bits per heavy atom. The number of amides is 2. The lowest BCUT2D eigenvalue weighted by atomic mass is 10.1. The van der Waals surface area contributed by atoms with Gasteiger partial charge in [0, 0.05) is 57.2 Å². The van der Waals surface area contributed by atoms with Crippen molar-refractivity contribution >= 4 is 74.9 Å². The van der Waals surface area contributed by atoms with Gasteiger partial charge in [0.05, 0.1) is 82.8 Å². The van der Waals surface area contributed by atoms with Crippen LogP contribution in [0.5, 0.6) is 11.5 Å². The molecule has 4 heterocycles. The number of ketones is 1. The Bertz CT molecular complexity index is 2920. The van der Waals surface area contributed by atoms with Gasteiger partial charge in [-0.2, -0.15) is 0 Å². The number of hydrogen-bond donors (Lipinski definition) is 7. The number of pyridine rings is 1. The number of aldehydes is 1. The number of phenols is 1. The van der Waals surface area contributed by atoms with Gasteiger partial charge in [-0.05, 0) is 66.2 Å². The number of H-pyrrole nitrogens is 2. The van der Waals surface area contributed by atoms with Crippen molar-refractivity contribution in [3.05, 3.63) is 122 Å². The number of allylic oxidation sites excluding steroid dienone is 2. The van der Waals surface area contributed by atoms with Gasteiger partial charge >= 0.3 is 6.03 Å². The van der Waals surface area contributed by atoms with Crippen LogP contribution in [-0.2, 0) is 23.8 Å². The summed E-state index contributed by atoms with van der Waals surface area (Å²) in [6, 6.07) is 24.1. The van der Waals surface area contributed by atoms with Gasteiger partial charge in [0.1, 0.15) is 23.8 Å². The summed E-state index contributed by atoms with van der Waals surface area (Å²) in [4.78, 5) is 65.2. The number of aromatic amines is 2. The number of piperazine rings is 1. The molecular weight excluding hydrogens is 910 g/mol. The summed E-state index contributed by atoms with van der Waals surface area (Å²) in [5, 5.41) is 19.9. The van der Waals surface area contributed by atoms with E-state index in [1.807, 2.05) is 48.5 Å². The Morgan fingerprint density at radius 2 is 1.58 bits per heavy atom. The minimum absolute atomic E-state index is 0.0327. The molecular formula is C49H52FN9O9S. The third-order valence-electron chi connectivity index (χ3n) is 11.3. The number of nitrogens with one attached hydrogen (secondary N) is 5. The molecule has 0 unspecified atom stereocenters. The molecule has 1 saturated heterocycles. The fraction of sp³-hybridized carbons (Fsp3) is 0.286. The summed E-state index contributed by atoms with van der Waals surface area (Å²) >= 11 is 1.16. The van der Waals surface area contributed by atoms with Crippen molar-refractivity contribution in [2.24, 2.45) is 0 Å². The van der Waals surface area contributed by atoms with E-state index in [9.17, 15) is 28.7 Å². The molecule has 6 aromatic rings. The summed E-state index contributed by atoms with van der Waals surface area (Å²) in [7, 11) is 0. The number of benzene rings is 4. The number of halogens is 1. The number of Topliss-reactive ketones (excluding diaryl/α,β-unsaturated/α-hetero) is 1. The Kier molecular flexibility index (Phi) is 16.2. The molecule has 0 saturated carbocycles. The van der Waals surface area contributed by atoms with Gasteiger partial charge in [-0.3, -0.25) is 19.3 Å². The van der Waals surface area contributed by atoms with Crippen LogP contribution in [0, 0.1) is 5.82 Å². The Balaban J connectivity index is 0.633. The van der Waals surface area contributed by atoms with E-state index in [2.05, 4.69) is 40.7 Å². The van der Waals surface area contributed by atoms with E-state index in [0.717, 1.165) is 54.8 Å². The van der Waals surface area contributed by atoms with Gasteiger partial charge in [-0.25, -0.2) is 14.2 Å². The molecule has 0 spiro atoms. The van der Waals surface area contributed by atoms with Crippen LogP contribution >= 0.6 is 11.8 Å². The number of phenolic OH excluding ortho intramolecular Hbond substituents is 1. The molecule has 18 nitrogen and oxygen atoms in total. The maximum Gasteiger partial charge on any atom is 0.314 e. The minimum atomic E-state index is -0.523. The summed E-state index contributed by atoms with van der Waals surface area (Å²) < 4.78 is 36.9. The standard InChI is InChI=1S/C49H52FN9O9S/c50-35-7-4-8-37-42(35)44(51)43(47(63)57-37)46-55-36-11-10-33(29-38(36)56-46)59-18-16-58(17-19-59)15-13-52-49(64)53-14-20-65-21-22-66-23-24-67-25-26-68-40-12-9-31(27-39(40)61)28-41-45(62)34(30-60)48(69-41)54-32-5-2-1-3-6-32/h1-12,27-30,54,61H,13-26H2,(H,55,56)(H3,51,57,63)(H2,52,53,64)/b41-28-. The van der Waals surface area contributed by atoms with Crippen molar-refractivity contribution in [1.82, 2.24) is 30.5 Å². The zero-order valence-corrected chi connectivity index (χ0v) is 38.4. The largest absolute Gasteiger partial charge is 0.504 e. The molecule has 0 atom stereocenters. The highest BCUT2D eigenvalue weighted by atomic mass is 32.2. The van der Waals surface area contributed by atoms with Crippen molar-refractivity contribution in [1.29, 1.82) is 0 Å². The van der Waals surface area contributed by atoms with Crippen molar-refractivity contribution in [2.75, 3.05) is 108 Å². The maximum absolute atomic E-state index is 14.6. The molecule has 0 aliphatic carbocycles. The number of urea groups is 1. The van der Waals surface area contributed by atoms with E-state index in [4.69, 9.17) is 24.7 Å². The van der Waals surface area contributed by atoms with Gasteiger partial charge in [0.25, 0.3) is 5.56 Å². The number of nitrogen functional groups attached to an aromatic ring is 1. The van der Waals surface area contributed by atoms with Crippen LogP contribution in [0.3, 0.4) is 0 Å². The lowest BCUT2D eigenvalue weighted by molar-refractivity contribution is -0.114. The first-order valence-corrected chi connectivity index (χ1v) is 23.2. The number of thioether (sulfide) groups is 1. The Morgan fingerprint density at radius 3 is 2.33 bits per heavy atom. The zero-order valence-electron chi connectivity index (χ0n) is 37.6. The Hall–Kier alpha value is -7.23. The summed E-state index contributed by atoms with van der Waals surface area (Å²) in [6.07, 6.45) is 2.16. The number of aromatic hydroxyl groups is 1. The van der Waals surface area contributed by atoms with E-state index in [1.54, 1.807) is 24.3 Å². The number of fused-ring (bicyclic) bond motifs is 2. The molecule has 69 heavy (non-hydrogen) atoms. The summed E-state index contributed by atoms with van der Waals surface area (Å²) in [5.74, 6) is -0.469. The number of carbonyl (C=O) groups is 3. The van der Waals surface area contributed by atoms with Crippen molar-refractivity contribution in [3.8, 4) is 22.9 Å². The van der Waals surface area contributed by atoms with Crippen molar-refractivity contribution in [3.63, 3.8) is 0 Å². The fourth-order valence-corrected chi connectivity index (χ4v) is 8.82. The highest BCUT2D eigenvalue weighted by molar-refractivity contribution is 8.08. The van der Waals surface area contributed by atoms with Crippen LogP contribution in [0.4, 0.5) is 26.2 Å². The normalized spacial score (nSPS) is 14.8. The maximum atomic E-state index is 14.6. The topological polar surface area (TPSA) is 238 Å². The molecule has 2 aromatic heterocycles. The number of ether oxygens (including phenoxy) is 4. The smallest absolute Gasteiger partial charge is 0.314 e. The SMILES string of the molecule is Nc1c(-c2nc3cc(N4CCN(CCNC(=O)NCCOCCOCCOCCOc5ccc(/C=C6\SC(Nc7ccccc7)=C(C=O)C6=O)cc5O)CC4)ccc3[nH]2)c(=O)[nH]c2cccc(F)c12. The van der Waals surface area contributed by atoms with Crippen LogP contribution in [-0.4, -0.2) is 135 Å². The molecule has 8 N–H and O–H groups in total. The summed E-state index contributed by atoms with van der Waals surface area (Å²) in [5.41, 5.74) is 10.1. The number of anilines is 3. The monoisotopic (exact) mass is 961 g/mol. The number of imidazole rings is 1. The first kappa shape index (κ1) is 48.2. The van der Waals surface area contributed by atoms with Crippen LogP contribution in [0.25, 0.3) is 39.4 Å². The second-order valence-corrected chi connectivity index (χ2v) is 17.0. The number of nitrogens with two attached hydrogens (primary N) is 1. The number of nitrogens with zero attached hydrogens (tertiary/aromatic N) is 3. The number of carbonyl (C=O) groups excluding carboxylic acids is 3. The van der Waals surface area contributed by atoms with Crippen LogP contribution in [0.15, 0.2) is 105 Å². The second-order valence-electron chi connectivity index (χ2n) is 15.9. The summed E-state index contributed by atoms with van der Waals surface area (Å²) in [6.45, 7) is 6.95. The van der Waals surface area contributed by atoms with Crippen molar-refractivity contribution < 1.29 is 42.8 Å². The molecule has 8 rings (SSSR count). The van der Waals surface area contributed by atoms with E-state index in [0.29, 0.717) is 85.5 Å². The molecule has 0 radical (unpaired) electrons. The van der Waals surface area contributed by atoms with Gasteiger partial charge in [0.15, 0.2) is 17.8 Å². The van der Waals surface area contributed by atoms with Gasteiger partial charge < -0.3 is 60.6 Å². The van der Waals surface area contributed by atoms with Gasteiger partial charge in [-0.1, -0.05) is 42.1 Å². The number of aromatic nitrogens is 3. The first-order chi connectivity index (χ1) is 33.6. The zero-order chi connectivity index (χ0) is 48.1. The molecule has 0 bridgehead atoms. The molecule has 2 amide bonds. The highest BCUT2D eigenvalue weighted by Gasteiger charge is 2.29. The Labute approximate surface area is 400 Å². The number of hydrogen-bond acceptors (Lipinski definition) is 15. The fourth-order valence-electron chi connectivity index (χ4n) is 7.78. The molecule has 1 fully saturated rings. The average Bonchev–Trinajstić information content (AvgIpc) is 3.89. The predicted molar refractivity (Wildman–Crippen MR) is 264 cm³/mol. The van der Waals surface area contributed by atoms with E-state index in [1.165, 1.54) is 18.2 Å². The highest BCUT2D eigenvalue weighted by Crippen LogP contribution is 2.40. The van der Waals surface area contributed by atoms with Crippen molar-refractivity contribution in [2.45, 2.75) is 0 Å². The molecule has 360 valence electrons. The third-order valence-corrected chi connectivity index (χ3v) is 12.3. The van der Waals surface area contributed by atoms with Gasteiger partial charge in [0.2, 0.25) is 5.78 Å². The minimum Gasteiger partial charge on any atom is -0.504 e. The van der Waals surface area contributed by atoms with Crippen LogP contribution < -0.4 is 36.9 Å². The number of rotatable bonds is 22. The van der Waals surface area contributed by atoms with Crippen LogP contribution in [0.2, 0.25) is 0 Å². The number of para-hydroxylation sites is 1. The average molecular weight is 962 g/mol. The van der Waals surface area contributed by atoms with Crippen LogP contribution in [0.1, 0.15) is 5.56 Å². The molecule has 20 heteroatoms. The lowest BCUT2D eigenvalue weighted by Crippen LogP contribution is -2.49. The predicted octanol–water partition coefficient (Wildman–Crippen LogP) is 5.23. The molecule has 2 aliphatic rings. The van der Waals surface area contributed by atoms with E-state index in [-0.39, 0.29) is 64.6 Å². The van der Waals surface area contributed by atoms with E-state index >= 15 is 0 Å². The lowest BCUT2D eigenvalue weighted by Gasteiger charge is -2.36. The molecule has 2 aliphatic heterocycles. The van der Waals surface area contributed by atoms with E-state index < -0.39 is 11.4 Å².